The fraction of sp³-hybridized carbons (Fsp3) is 0. The summed E-state index contributed by atoms with van der Waals surface area (Å²) < 4.78 is 5.09. The van der Waals surface area contributed by atoms with Crippen LogP contribution in [0.3, 0.4) is 0 Å². The van der Waals surface area contributed by atoms with E-state index in [9.17, 15) is 0 Å². The normalized spacial score (nSPS) is 10.7. The quantitative estimate of drug-likeness (QED) is 0.308. The Kier molecular flexibility index (Phi) is 5.60. The van der Waals surface area contributed by atoms with Crippen LogP contribution in [0.1, 0.15) is 0 Å². The summed E-state index contributed by atoms with van der Waals surface area (Å²) in [5.74, 6) is 0.578. The molecule has 3 nitrogen and oxygen atoms in total. The molecular formula is C28H21BNO2. The lowest BCUT2D eigenvalue weighted by Gasteiger charge is -2.26. The lowest BCUT2D eigenvalue weighted by atomic mass is 10.0. The maximum atomic E-state index is 8.92. The number of anilines is 3. The molecule has 4 heteroatoms. The number of fused-ring (bicyclic) bond motifs is 1. The molecular weight excluding hydrogens is 393 g/mol. The zero-order valence-corrected chi connectivity index (χ0v) is 17.4. The van der Waals surface area contributed by atoms with E-state index in [0.717, 1.165) is 17.1 Å². The zero-order valence-electron chi connectivity index (χ0n) is 17.4. The summed E-state index contributed by atoms with van der Waals surface area (Å²) in [5.41, 5.74) is 5.49. The van der Waals surface area contributed by atoms with Crippen LogP contribution in [-0.4, -0.2) is 12.7 Å². The molecule has 5 rings (SSSR count). The molecule has 5 aromatic rings. The molecule has 0 bridgehead atoms. The largest absolute Gasteiger partial charge is 0.569 e. The Balaban J connectivity index is 1.58. The number of hydrogen-bond donors (Lipinski definition) is 1. The molecule has 0 unspecified atom stereocenters. The van der Waals surface area contributed by atoms with Crippen LogP contribution in [0, 0.1) is 0 Å². The van der Waals surface area contributed by atoms with E-state index in [-0.39, 0.29) is 0 Å². The number of hydrogen-bond acceptors (Lipinski definition) is 3. The van der Waals surface area contributed by atoms with E-state index in [0.29, 0.717) is 13.4 Å². The molecule has 0 amide bonds. The first-order valence-corrected chi connectivity index (χ1v) is 10.5. The molecule has 0 aliphatic heterocycles. The van der Waals surface area contributed by atoms with Gasteiger partial charge in [0.2, 0.25) is 0 Å². The van der Waals surface area contributed by atoms with E-state index >= 15 is 0 Å². The first-order chi connectivity index (χ1) is 15.8. The highest BCUT2D eigenvalue weighted by Crippen LogP contribution is 2.37. The van der Waals surface area contributed by atoms with Crippen LogP contribution in [0.5, 0.6) is 5.75 Å². The third-order valence-corrected chi connectivity index (χ3v) is 5.51. The second kappa shape index (κ2) is 9.00. The van der Waals surface area contributed by atoms with Gasteiger partial charge in [-0.15, -0.1) is 0 Å². The molecule has 153 valence electrons. The predicted octanol–water partition coefficient (Wildman–Crippen LogP) is 6.88. The highest BCUT2D eigenvalue weighted by Gasteiger charge is 2.13. The zero-order chi connectivity index (χ0) is 21.8. The standard InChI is InChI=1S/C28H21BNO2/c31-29-32-28-18-16-26(17-19-28)30(27-15-12-22-8-4-5-9-24(22)20-27)25-13-10-23(11-14-25)21-6-2-1-3-7-21/h1-20,31H. The Morgan fingerprint density at radius 2 is 1.09 bits per heavy atom. The van der Waals surface area contributed by atoms with E-state index in [1.165, 1.54) is 21.9 Å². The van der Waals surface area contributed by atoms with Gasteiger partial charge in [0.15, 0.2) is 0 Å². The second-order valence-corrected chi connectivity index (χ2v) is 7.50. The van der Waals surface area contributed by atoms with Crippen molar-refractivity contribution in [3.63, 3.8) is 0 Å². The number of rotatable bonds is 6. The van der Waals surface area contributed by atoms with Gasteiger partial charge in [0.05, 0.1) is 0 Å². The van der Waals surface area contributed by atoms with Crippen molar-refractivity contribution in [3.05, 3.63) is 121 Å². The van der Waals surface area contributed by atoms with E-state index in [4.69, 9.17) is 9.68 Å². The molecule has 0 saturated carbocycles. The first kappa shape index (κ1) is 19.9. The van der Waals surface area contributed by atoms with Crippen LogP contribution in [-0.2, 0) is 0 Å². The maximum absolute atomic E-state index is 8.92. The molecule has 0 aliphatic rings. The molecule has 1 radical (unpaired) electrons. The lowest BCUT2D eigenvalue weighted by molar-refractivity contribution is 0.454. The first-order valence-electron chi connectivity index (χ1n) is 10.5. The van der Waals surface area contributed by atoms with Gasteiger partial charge in [0.1, 0.15) is 5.75 Å². The van der Waals surface area contributed by atoms with Gasteiger partial charge in [0.25, 0.3) is 0 Å². The molecule has 0 heterocycles. The molecule has 0 fully saturated rings. The van der Waals surface area contributed by atoms with Crippen molar-refractivity contribution in [1.29, 1.82) is 0 Å². The summed E-state index contributed by atoms with van der Waals surface area (Å²) in [4.78, 5) is 2.22. The van der Waals surface area contributed by atoms with Gasteiger partial charge in [-0.25, -0.2) is 0 Å². The average Bonchev–Trinajstić information content (AvgIpc) is 2.86. The van der Waals surface area contributed by atoms with E-state index in [1.807, 2.05) is 30.3 Å². The summed E-state index contributed by atoms with van der Waals surface area (Å²) in [6, 6.07) is 41.5. The SMILES string of the molecule is O[B]Oc1ccc(N(c2ccc(-c3ccccc3)cc2)c2ccc3ccccc3c2)cc1. The molecule has 0 spiro atoms. The smallest absolute Gasteiger partial charge is 0.537 e. The number of benzene rings is 5. The Morgan fingerprint density at radius 3 is 1.78 bits per heavy atom. The fourth-order valence-corrected chi connectivity index (χ4v) is 3.93. The van der Waals surface area contributed by atoms with Crippen molar-refractivity contribution in [2.45, 2.75) is 0 Å². The van der Waals surface area contributed by atoms with Gasteiger partial charge in [-0.05, 0) is 70.4 Å². The topological polar surface area (TPSA) is 32.7 Å². The van der Waals surface area contributed by atoms with E-state index in [1.54, 1.807) is 0 Å². The van der Waals surface area contributed by atoms with Crippen molar-refractivity contribution >= 4 is 35.5 Å². The van der Waals surface area contributed by atoms with Crippen LogP contribution >= 0.6 is 0 Å². The highest BCUT2D eigenvalue weighted by molar-refractivity contribution is 6.17. The van der Waals surface area contributed by atoms with Gasteiger partial charge >= 0.3 is 7.69 Å². The predicted molar refractivity (Wildman–Crippen MR) is 133 cm³/mol. The molecule has 0 atom stereocenters. The second-order valence-electron chi connectivity index (χ2n) is 7.50. The Morgan fingerprint density at radius 1 is 0.531 bits per heavy atom. The van der Waals surface area contributed by atoms with Gasteiger partial charge in [-0.1, -0.05) is 72.8 Å². The van der Waals surface area contributed by atoms with Crippen LogP contribution < -0.4 is 9.55 Å². The van der Waals surface area contributed by atoms with Crippen molar-refractivity contribution in [3.8, 4) is 16.9 Å². The van der Waals surface area contributed by atoms with Crippen molar-refractivity contribution in [1.82, 2.24) is 0 Å². The minimum Gasteiger partial charge on any atom is -0.537 e. The Labute approximate surface area is 188 Å². The maximum Gasteiger partial charge on any atom is 0.569 e. The van der Waals surface area contributed by atoms with E-state index in [2.05, 4.69) is 95.9 Å². The van der Waals surface area contributed by atoms with Gasteiger partial charge < -0.3 is 14.6 Å². The highest BCUT2D eigenvalue weighted by atomic mass is 16.5. The Hall–Kier alpha value is -4.02. The lowest BCUT2D eigenvalue weighted by Crippen LogP contribution is -2.10. The average molecular weight is 414 g/mol. The molecule has 1 N–H and O–H groups in total. The number of nitrogens with zero attached hydrogens (tertiary/aromatic N) is 1. The summed E-state index contributed by atoms with van der Waals surface area (Å²) in [6.45, 7) is 0. The molecule has 0 aliphatic carbocycles. The van der Waals surface area contributed by atoms with Gasteiger partial charge in [-0.2, -0.15) is 0 Å². The monoisotopic (exact) mass is 414 g/mol. The summed E-state index contributed by atoms with van der Waals surface area (Å²) in [7, 11) is 0.693. The summed E-state index contributed by atoms with van der Waals surface area (Å²) >= 11 is 0. The van der Waals surface area contributed by atoms with Crippen molar-refractivity contribution < 1.29 is 9.68 Å². The van der Waals surface area contributed by atoms with Gasteiger partial charge in [0, 0.05) is 17.1 Å². The van der Waals surface area contributed by atoms with Gasteiger partial charge in [-0.3, -0.25) is 0 Å². The van der Waals surface area contributed by atoms with Crippen LogP contribution in [0.4, 0.5) is 17.1 Å². The van der Waals surface area contributed by atoms with E-state index < -0.39 is 0 Å². The van der Waals surface area contributed by atoms with Crippen LogP contribution in [0.25, 0.3) is 21.9 Å². The summed E-state index contributed by atoms with van der Waals surface area (Å²) in [5, 5.41) is 11.3. The van der Waals surface area contributed by atoms with Crippen molar-refractivity contribution in [2.75, 3.05) is 4.90 Å². The minimum atomic E-state index is 0.578. The van der Waals surface area contributed by atoms with Crippen LogP contribution in [0.15, 0.2) is 121 Å². The third-order valence-electron chi connectivity index (χ3n) is 5.51. The van der Waals surface area contributed by atoms with Crippen molar-refractivity contribution in [2.24, 2.45) is 0 Å². The molecule has 0 saturated heterocycles. The summed E-state index contributed by atoms with van der Waals surface area (Å²) in [6.07, 6.45) is 0. The molecule has 32 heavy (non-hydrogen) atoms. The molecule has 5 aromatic carbocycles. The fourth-order valence-electron chi connectivity index (χ4n) is 3.93. The third kappa shape index (κ3) is 4.09. The Bertz CT molecular complexity index is 1320. The minimum absolute atomic E-state index is 0.578. The van der Waals surface area contributed by atoms with Crippen LogP contribution in [0.2, 0.25) is 0 Å². The molecule has 0 aromatic heterocycles.